The van der Waals surface area contributed by atoms with Crippen molar-refractivity contribution in [1.82, 2.24) is 10.9 Å². The molecule has 1 aromatic heterocycles. The lowest BCUT2D eigenvalue weighted by molar-refractivity contribution is -0.121. The Morgan fingerprint density at radius 3 is 2.45 bits per heavy atom. The second kappa shape index (κ2) is 7.17. The number of benzene rings is 1. The summed E-state index contributed by atoms with van der Waals surface area (Å²) in [7, 11) is 0. The summed E-state index contributed by atoms with van der Waals surface area (Å²) in [6, 6.07) is 7.49. The first-order chi connectivity index (χ1) is 10.5. The predicted molar refractivity (Wildman–Crippen MR) is 84.1 cm³/mol. The topological polar surface area (TPSA) is 58.2 Å². The minimum Gasteiger partial charge on any atom is -0.273 e. The van der Waals surface area contributed by atoms with Crippen LogP contribution in [0.15, 0.2) is 30.3 Å². The molecule has 0 unspecified atom stereocenters. The van der Waals surface area contributed by atoms with Crippen molar-refractivity contribution in [1.29, 1.82) is 0 Å². The van der Waals surface area contributed by atoms with Crippen LogP contribution in [-0.4, -0.2) is 11.8 Å². The van der Waals surface area contributed by atoms with Gasteiger partial charge >= 0.3 is 0 Å². The van der Waals surface area contributed by atoms with Gasteiger partial charge in [-0.25, -0.2) is 4.39 Å². The zero-order valence-electron chi connectivity index (χ0n) is 12.4. The first-order valence-electron chi connectivity index (χ1n) is 6.92. The minimum absolute atomic E-state index is 0.0736. The molecule has 0 aliphatic carbocycles. The molecule has 2 aromatic rings. The molecule has 0 aliphatic rings. The van der Waals surface area contributed by atoms with Gasteiger partial charge < -0.3 is 0 Å². The summed E-state index contributed by atoms with van der Waals surface area (Å²) in [5.74, 6) is -1.04. The molecule has 0 atom stereocenters. The number of hydrogen-bond donors (Lipinski definition) is 2. The molecule has 116 valence electrons. The van der Waals surface area contributed by atoms with Crippen molar-refractivity contribution in [3.05, 3.63) is 57.0 Å². The first-order valence-corrected chi connectivity index (χ1v) is 7.74. The van der Waals surface area contributed by atoms with Gasteiger partial charge in [-0.05, 0) is 42.7 Å². The monoisotopic (exact) mass is 320 g/mol. The van der Waals surface area contributed by atoms with E-state index in [1.54, 1.807) is 0 Å². The molecule has 0 aliphatic heterocycles. The van der Waals surface area contributed by atoms with Gasteiger partial charge in [-0.3, -0.25) is 20.4 Å². The summed E-state index contributed by atoms with van der Waals surface area (Å²) >= 11 is 1.40. The molecule has 2 rings (SSSR count). The predicted octanol–water partition coefficient (Wildman–Crippen LogP) is 2.76. The Labute approximate surface area is 132 Å². The third-order valence-electron chi connectivity index (χ3n) is 3.22. The van der Waals surface area contributed by atoms with Crippen LogP contribution in [0.5, 0.6) is 0 Å². The molecule has 0 saturated heterocycles. The number of thiophene rings is 1. The lowest BCUT2D eigenvalue weighted by atomic mass is 10.1. The molecule has 22 heavy (non-hydrogen) atoms. The lowest BCUT2D eigenvalue weighted by Gasteiger charge is -2.06. The average Bonchev–Trinajstić information content (AvgIpc) is 2.88. The second-order valence-corrected chi connectivity index (χ2v) is 6.11. The van der Waals surface area contributed by atoms with Crippen LogP contribution in [-0.2, 0) is 17.6 Å². The van der Waals surface area contributed by atoms with Crippen molar-refractivity contribution in [2.45, 2.75) is 26.7 Å². The number of amides is 2. The SMILES string of the molecule is CCc1cc(C(=O)NNC(=O)Cc2ccc(F)cc2)sc1C. The Hall–Kier alpha value is -2.21. The number of carbonyl (C=O) groups is 2. The van der Waals surface area contributed by atoms with E-state index in [0.29, 0.717) is 10.4 Å². The van der Waals surface area contributed by atoms with E-state index in [1.165, 1.54) is 35.6 Å². The fourth-order valence-electron chi connectivity index (χ4n) is 2.00. The standard InChI is InChI=1S/C16H17FN2O2S/c1-3-12-9-14(22-10(12)2)16(21)19-18-15(20)8-11-4-6-13(17)7-5-11/h4-7,9H,3,8H2,1-2H3,(H,18,20)(H,19,21). The van der Waals surface area contributed by atoms with Crippen LogP contribution in [0.2, 0.25) is 0 Å². The van der Waals surface area contributed by atoms with E-state index in [0.717, 1.165) is 16.9 Å². The van der Waals surface area contributed by atoms with Crippen molar-refractivity contribution in [2.24, 2.45) is 0 Å². The van der Waals surface area contributed by atoms with Crippen LogP contribution in [0.3, 0.4) is 0 Å². The Morgan fingerprint density at radius 1 is 1.18 bits per heavy atom. The average molecular weight is 320 g/mol. The molecule has 0 fully saturated rings. The second-order valence-electron chi connectivity index (χ2n) is 4.85. The summed E-state index contributed by atoms with van der Waals surface area (Å²) in [6.07, 6.45) is 0.941. The Balaban J connectivity index is 1.87. The number of hydrazine groups is 1. The van der Waals surface area contributed by atoms with Gasteiger partial charge in [0.15, 0.2) is 0 Å². The molecular formula is C16H17FN2O2S. The smallest absolute Gasteiger partial charge is 0.273 e. The zero-order valence-corrected chi connectivity index (χ0v) is 13.2. The molecule has 0 bridgehead atoms. The van der Waals surface area contributed by atoms with E-state index in [2.05, 4.69) is 10.9 Å². The van der Waals surface area contributed by atoms with Gasteiger partial charge in [0.05, 0.1) is 11.3 Å². The number of rotatable bonds is 4. The molecule has 2 amide bonds. The molecule has 0 radical (unpaired) electrons. The fourth-order valence-corrected chi connectivity index (χ4v) is 3.01. The molecule has 2 N–H and O–H groups in total. The van der Waals surface area contributed by atoms with Crippen LogP contribution in [0, 0.1) is 12.7 Å². The largest absolute Gasteiger partial charge is 0.279 e. The third-order valence-corrected chi connectivity index (χ3v) is 4.31. The highest BCUT2D eigenvalue weighted by atomic mass is 32.1. The van der Waals surface area contributed by atoms with E-state index < -0.39 is 0 Å². The van der Waals surface area contributed by atoms with Gasteiger partial charge in [0.1, 0.15) is 5.82 Å². The van der Waals surface area contributed by atoms with E-state index in [-0.39, 0.29) is 24.1 Å². The van der Waals surface area contributed by atoms with Gasteiger partial charge in [-0.1, -0.05) is 19.1 Å². The molecule has 1 aromatic carbocycles. The number of nitrogens with one attached hydrogen (secondary N) is 2. The highest BCUT2D eigenvalue weighted by Gasteiger charge is 2.12. The van der Waals surface area contributed by atoms with Crippen molar-refractivity contribution >= 4 is 23.2 Å². The van der Waals surface area contributed by atoms with E-state index >= 15 is 0 Å². The van der Waals surface area contributed by atoms with Crippen molar-refractivity contribution in [3.63, 3.8) is 0 Å². The summed E-state index contributed by atoms with van der Waals surface area (Å²) in [5, 5.41) is 0. The van der Waals surface area contributed by atoms with Gasteiger partial charge in [-0.2, -0.15) is 0 Å². The summed E-state index contributed by atoms with van der Waals surface area (Å²) in [6.45, 7) is 3.99. The van der Waals surface area contributed by atoms with Crippen LogP contribution < -0.4 is 10.9 Å². The maximum absolute atomic E-state index is 12.8. The maximum Gasteiger partial charge on any atom is 0.279 e. The fraction of sp³-hybridized carbons (Fsp3) is 0.250. The Morgan fingerprint density at radius 2 is 1.86 bits per heavy atom. The summed E-state index contributed by atoms with van der Waals surface area (Å²) in [5.41, 5.74) is 6.56. The molecule has 6 heteroatoms. The Kier molecular flexibility index (Phi) is 5.27. The molecule has 0 spiro atoms. The van der Waals surface area contributed by atoms with Crippen molar-refractivity contribution < 1.29 is 14.0 Å². The maximum atomic E-state index is 12.8. The number of carbonyl (C=O) groups excluding carboxylic acids is 2. The normalized spacial score (nSPS) is 10.3. The number of hydrogen-bond acceptors (Lipinski definition) is 3. The highest BCUT2D eigenvalue weighted by Crippen LogP contribution is 2.21. The molecule has 0 saturated carbocycles. The molecule has 4 nitrogen and oxygen atoms in total. The van der Waals surface area contributed by atoms with Crippen LogP contribution in [0.25, 0.3) is 0 Å². The van der Waals surface area contributed by atoms with Gasteiger partial charge in [0.2, 0.25) is 5.91 Å². The quantitative estimate of drug-likeness (QED) is 0.851. The van der Waals surface area contributed by atoms with Gasteiger partial charge in [0.25, 0.3) is 5.91 Å². The van der Waals surface area contributed by atoms with Crippen molar-refractivity contribution in [2.75, 3.05) is 0 Å². The zero-order chi connectivity index (χ0) is 16.1. The van der Waals surface area contributed by atoms with Gasteiger partial charge in [-0.15, -0.1) is 11.3 Å². The van der Waals surface area contributed by atoms with Crippen molar-refractivity contribution in [3.8, 4) is 0 Å². The van der Waals surface area contributed by atoms with Crippen LogP contribution in [0.1, 0.15) is 32.6 Å². The van der Waals surface area contributed by atoms with E-state index in [9.17, 15) is 14.0 Å². The van der Waals surface area contributed by atoms with Crippen LogP contribution in [0.4, 0.5) is 4.39 Å². The molecular weight excluding hydrogens is 303 g/mol. The Bertz CT molecular complexity index is 680. The highest BCUT2D eigenvalue weighted by molar-refractivity contribution is 7.14. The molecule has 1 heterocycles. The van der Waals surface area contributed by atoms with Gasteiger partial charge in [0, 0.05) is 4.88 Å². The third kappa shape index (κ3) is 4.14. The summed E-state index contributed by atoms with van der Waals surface area (Å²) < 4.78 is 12.8. The first kappa shape index (κ1) is 16.2. The van der Waals surface area contributed by atoms with E-state index in [1.807, 2.05) is 19.9 Å². The number of aryl methyl sites for hydroxylation is 2. The van der Waals surface area contributed by atoms with Crippen LogP contribution >= 0.6 is 11.3 Å². The lowest BCUT2D eigenvalue weighted by Crippen LogP contribution is -2.42. The summed E-state index contributed by atoms with van der Waals surface area (Å²) in [4.78, 5) is 25.4. The van der Waals surface area contributed by atoms with E-state index in [4.69, 9.17) is 0 Å². The minimum atomic E-state index is -0.357. The number of halogens is 1.